The highest BCUT2D eigenvalue weighted by Gasteiger charge is 2.17. The number of β-amino-alcohol motifs (C(OH)–C–C–N with tert-alkyl or cyclic N) is 1. The molecule has 1 aliphatic rings. The molecule has 1 N–H and O–H groups in total. The van der Waals surface area contributed by atoms with Crippen LogP contribution < -0.4 is 4.90 Å². The van der Waals surface area contributed by atoms with Gasteiger partial charge in [0.05, 0.1) is 6.10 Å². The van der Waals surface area contributed by atoms with Crippen molar-refractivity contribution in [2.75, 3.05) is 37.6 Å². The van der Waals surface area contributed by atoms with Crippen LogP contribution in [0.2, 0.25) is 0 Å². The fourth-order valence-corrected chi connectivity index (χ4v) is 2.20. The van der Waals surface area contributed by atoms with Crippen LogP contribution in [0.3, 0.4) is 0 Å². The first-order valence-electron chi connectivity index (χ1n) is 5.96. The van der Waals surface area contributed by atoms with Gasteiger partial charge in [0.1, 0.15) is 0 Å². The van der Waals surface area contributed by atoms with E-state index in [0.29, 0.717) is 0 Å². The molecule has 0 aromatic heterocycles. The van der Waals surface area contributed by atoms with Crippen molar-refractivity contribution >= 4 is 5.69 Å². The number of hydrogen-bond acceptors (Lipinski definition) is 3. The lowest BCUT2D eigenvalue weighted by molar-refractivity contribution is 0.123. The van der Waals surface area contributed by atoms with Crippen LogP contribution in [0.15, 0.2) is 30.3 Å². The molecule has 88 valence electrons. The molecule has 0 saturated carbocycles. The average molecular weight is 220 g/mol. The van der Waals surface area contributed by atoms with E-state index in [0.717, 1.165) is 32.7 Å². The Morgan fingerprint density at radius 3 is 2.31 bits per heavy atom. The van der Waals surface area contributed by atoms with Crippen LogP contribution in [0.4, 0.5) is 5.69 Å². The van der Waals surface area contributed by atoms with Gasteiger partial charge in [0.2, 0.25) is 0 Å². The van der Waals surface area contributed by atoms with Gasteiger partial charge in [-0.1, -0.05) is 18.2 Å². The number of para-hydroxylation sites is 1. The minimum absolute atomic E-state index is 0.219. The summed E-state index contributed by atoms with van der Waals surface area (Å²) in [5.41, 5.74) is 1.30. The topological polar surface area (TPSA) is 26.7 Å². The number of nitrogens with zero attached hydrogens (tertiary/aromatic N) is 2. The smallest absolute Gasteiger partial charge is 0.0639 e. The summed E-state index contributed by atoms with van der Waals surface area (Å²) in [4.78, 5) is 4.72. The van der Waals surface area contributed by atoms with Gasteiger partial charge in [-0.15, -0.1) is 0 Å². The molecule has 1 atom stereocenters. The Bertz CT molecular complexity index is 305. The number of aliphatic hydroxyl groups excluding tert-OH is 1. The molecule has 1 aromatic rings. The lowest BCUT2D eigenvalue weighted by atomic mass is 10.2. The fraction of sp³-hybridized carbons (Fsp3) is 0.538. The summed E-state index contributed by atoms with van der Waals surface area (Å²) in [5, 5.41) is 9.33. The molecule has 16 heavy (non-hydrogen) atoms. The van der Waals surface area contributed by atoms with Crippen molar-refractivity contribution < 1.29 is 5.11 Å². The van der Waals surface area contributed by atoms with E-state index in [1.807, 2.05) is 13.0 Å². The van der Waals surface area contributed by atoms with Crippen LogP contribution in [-0.4, -0.2) is 48.8 Å². The summed E-state index contributed by atoms with van der Waals surface area (Å²) >= 11 is 0. The molecule has 0 unspecified atom stereocenters. The van der Waals surface area contributed by atoms with E-state index in [-0.39, 0.29) is 6.10 Å². The molecule has 1 fully saturated rings. The number of benzene rings is 1. The summed E-state index contributed by atoms with van der Waals surface area (Å²) in [7, 11) is 0. The van der Waals surface area contributed by atoms with Crippen molar-refractivity contribution in [1.29, 1.82) is 0 Å². The molecular formula is C13H20N2O. The summed E-state index contributed by atoms with van der Waals surface area (Å²) in [5.74, 6) is 0. The first-order valence-corrected chi connectivity index (χ1v) is 5.96. The molecule has 0 bridgehead atoms. The summed E-state index contributed by atoms with van der Waals surface area (Å²) in [6.45, 7) is 6.83. The lowest BCUT2D eigenvalue weighted by Gasteiger charge is -2.36. The maximum Gasteiger partial charge on any atom is 0.0639 e. The van der Waals surface area contributed by atoms with Crippen molar-refractivity contribution in [1.82, 2.24) is 4.90 Å². The Kier molecular flexibility index (Phi) is 3.80. The SMILES string of the molecule is C[C@H](O)CN1CCN(c2ccccc2)CC1. The highest BCUT2D eigenvalue weighted by molar-refractivity contribution is 5.46. The van der Waals surface area contributed by atoms with Crippen molar-refractivity contribution in [3.63, 3.8) is 0 Å². The van der Waals surface area contributed by atoms with Crippen LogP contribution in [-0.2, 0) is 0 Å². The van der Waals surface area contributed by atoms with E-state index < -0.39 is 0 Å². The third-order valence-corrected chi connectivity index (χ3v) is 3.02. The number of aliphatic hydroxyl groups is 1. The van der Waals surface area contributed by atoms with E-state index in [9.17, 15) is 5.11 Å². The quantitative estimate of drug-likeness (QED) is 0.829. The molecule has 1 aliphatic heterocycles. The van der Waals surface area contributed by atoms with Crippen LogP contribution in [0, 0.1) is 0 Å². The molecule has 1 aromatic carbocycles. The molecular weight excluding hydrogens is 200 g/mol. The molecule has 2 rings (SSSR count). The Labute approximate surface area is 97.3 Å². The van der Waals surface area contributed by atoms with Gasteiger partial charge in [-0.3, -0.25) is 4.90 Å². The zero-order chi connectivity index (χ0) is 11.4. The van der Waals surface area contributed by atoms with E-state index in [1.54, 1.807) is 0 Å². The van der Waals surface area contributed by atoms with Gasteiger partial charge >= 0.3 is 0 Å². The highest BCUT2D eigenvalue weighted by Crippen LogP contribution is 2.15. The normalized spacial score (nSPS) is 19.8. The Morgan fingerprint density at radius 2 is 1.75 bits per heavy atom. The Morgan fingerprint density at radius 1 is 1.12 bits per heavy atom. The van der Waals surface area contributed by atoms with Crippen LogP contribution in [0.25, 0.3) is 0 Å². The predicted molar refractivity (Wildman–Crippen MR) is 66.8 cm³/mol. The Balaban J connectivity index is 1.86. The van der Waals surface area contributed by atoms with E-state index >= 15 is 0 Å². The average Bonchev–Trinajstić information content (AvgIpc) is 2.30. The van der Waals surface area contributed by atoms with Gasteiger partial charge in [-0.2, -0.15) is 0 Å². The molecule has 0 aliphatic carbocycles. The second-order valence-electron chi connectivity index (χ2n) is 4.47. The van der Waals surface area contributed by atoms with Crippen LogP contribution in [0.5, 0.6) is 0 Å². The fourth-order valence-electron chi connectivity index (χ4n) is 2.20. The minimum atomic E-state index is -0.219. The van der Waals surface area contributed by atoms with E-state index in [4.69, 9.17) is 0 Å². The zero-order valence-corrected chi connectivity index (χ0v) is 9.84. The number of rotatable bonds is 3. The second kappa shape index (κ2) is 5.32. The van der Waals surface area contributed by atoms with Gasteiger partial charge < -0.3 is 10.0 Å². The highest BCUT2D eigenvalue weighted by atomic mass is 16.3. The van der Waals surface area contributed by atoms with Crippen molar-refractivity contribution in [3.05, 3.63) is 30.3 Å². The Hall–Kier alpha value is -1.06. The van der Waals surface area contributed by atoms with E-state index in [1.165, 1.54) is 5.69 Å². The second-order valence-corrected chi connectivity index (χ2v) is 4.47. The van der Waals surface area contributed by atoms with Gasteiger partial charge in [-0.05, 0) is 19.1 Å². The maximum atomic E-state index is 9.33. The minimum Gasteiger partial charge on any atom is -0.392 e. The third kappa shape index (κ3) is 2.97. The van der Waals surface area contributed by atoms with Gasteiger partial charge in [0, 0.05) is 38.4 Å². The molecule has 0 spiro atoms. The molecule has 0 radical (unpaired) electrons. The van der Waals surface area contributed by atoms with Gasteiger partial charge in [0.15, 0.2) is 0 Å². The monoisotopic (exact) mass is 220 g/mol. The number of piperazine rings is 1. The molecule has 1 saturated heterocycles. The summed E-state index contributed by atoms with van der Waals surface area (Å²) in [6.07, 6.45) is -0.219. The van der Waals surface area contributed by atoms with Gasteiger partial charge in [0.25, 0.3) is 0 Å². The van der Waals surface area contributed by atoms with Crippen molar-refractivity contribution in [2.45, 2.75) is 13.0 Å². The predicted octanol–water partition coefficient (Wildman–Crippen LogP) is 1.19. The molecule has 3 nitrogen and oxygen atoms in total. The van der Waals surface area contributed by atoms with Crippen molar-refractivity contribution in [2.24, 2.45) is 0 Å². The first kappa shape index (κ1) is 11.4. The maximum absolute atomic E-state index is 9.33. The number of anilines is 1. The van der Waals surface area contributed by atoms with Crippen molar-refractivity contribution in [3.8, 4) is 0 Å². The largest absolute Gasteiger partial charge is 0.392 e. The summed E-state index contributed by atoms with van der Waals surface area (Å²) < 4.78 is 0. The zero-order valence-electron chi connectivity index (χ0n) is 9.84. The molecule has 0 amide bonds. The number of hydrogen-bond donors (Lipinski definition) is 1. The van der Waals surface area contributed by atoms with E-state index in [2.05, 4.69) is 34.1 Å². The third-order valence-electron chi connectivity index (χ3n) is 3.02. The van der Waals surface area contributed by atoms with Crippen LogP contribution in [0.1, 0.15) is 6.92 Å². The standard InChI is InChI=1S/C13H20N2O/c1-12(16)11-14-7-9-15(10-8-14)13-5-3-2-4-6-13/h2-6,12,16H,7-11H2,1H3/t12-/m0/s1. The summed E-state index contributed by atoms with van der Waals surface area (Å²) in [6, 6.07) is 10.5. The molecule has 3 heteroatoms. The van der Waals surface area contributed by atoms with Crippen LogP contribution >= 0.6 is 0 Å². The lowest BCUT2D eigenvalue weighted by Crippen LogP contribution is -2.48. The first-order chi connectivity index (χ1) is 7.75. The van der Waals surface area contributed by atoms with Gasteiger partial charge in [-0.25, -0.2) is 0 Å². The molecule has 1 heterocycles.